The number of fused-ring (bicyclic) bond motifs is 1. The van der Waals surface area contributed by atoms with Crippen molar-refractivity contribution in [2.75, 3.05) is 5.32 Å². The fourth-order valence-corrected chi connectivity index (χ4v) is 2.67. The van der Waals surface area contributed by atoms with Gasteiger partial charge in [0, 0.05) is 23.3 Å². The number of pyridine rings is 2. The van der Waals surface area contributed by atoms with Crippen molar-refractivity contribution in [3.63, 3.8) is 0 Å². The number of benzene rings is 1. The van der Waals surface area contributed by atoms with E-state index in [1.54, 1.807) is 35.4 Å². The highest BCUT2D eigenvalue weighted by atomic mass is 16.1. The third kappa shape index (κ3) is 2.85. The van der Waals surface area contributed by atoms with Crippen LogP contribution in [-0.4, -0.2) is 25.7 Å². The predicted molar refractivity (Wildman–Crippen MR) is 95.8 cm³/mol. The molecule has 0 atom stereocenters. The Bertz CT molecular complexity index is 1040. The summed E-state index contributed by atoms with van der Waals surface area (Å²) in [5, 5.41) is 8.33. The average molecular weight is 329 g/mol. The van der Waals surface area contributed by atoms with Gasteiger partial charge in [-0.05, 0) is 37.3 Å². The average Bonchev–Trinajstić information content (AvgIpc) is 2.99. The summed E-state index contributed by atoms with van der Waals surface area (Å²) in [4.78, 5) is 20.7. The molecule has 122 valence electrons. The maximum atomic E-state index is 12.3. The molecule has 0 aliphatic carbocycles. The third-order valence-corrected chi connectivity index (χ3v) is 3.91. The van der Waals surface area contributed by atoms with E-state index >= 15 is 0 Å². The number of aromatic nitrogens is 4. The van der Waals surface area contributed by atoms with Crippen molar-refractivity contribution < 1.29 is 4.79 Å². The van der Waals surface area contributed by atoms with E-state index < -0.39 is 0 Å². The quantitative estimate of drug-likeness (QED) is 0.625. The molecule has 6 nitrogen and oxygen atoms in total. The lowest BCUT2D eigenvalue weighted by atomic mass is 10.2. The van der Waals surface area contributed by atoms with Crippen molar-refractivity contribution in [2.45, 2.75) is 6.92 Å². The Morgan fingerprint density at radius 1 is 1.08 bits per heavy atom. The van der Waals surface area contributed by atoms with Crippen molar-refractivity contribution in [1.29, 1.82) is 0 Å². The number of anilines is 1. The number of rotatable bonds is 3. The van der Waals surface area contributed by atoms with Gasteiger partial charge in [-0.25, -0.2) is 9.67 Å². The topological polar surface area (TPSA) is 72.7 Å². The second kappa shape index (κ2) is 6.16. The number of hydrogen-bond donors (Lipinski definition) is 1. The zero-order chi connectivity index (χ0) is 17.2. The van der Waals surface area contributed by atoms with E-state index in [1.165, 1.54) is 0 Å². The molecule has 0 saturated heterocycles. The Labute approximate surface area is 144 Å². The molecule has 4 rings (SSSR count). The lowest BCUT2D eigenvalue weighted by molar-refractivity contribution is 0.102. The molecule has 0 aliphatic rings. The molecule has 0 fully saturated rings. The summed E-state index contributed by atoms with van der Waals surface area (Å²) in [6.07, 6.45) is 4.82. The van der Waals surface area contributed by atoms with Crippen LogP contribution in [0.1, 0.15) is 16.1 Å². The first-order chi connectivity index (χ1) is 12.2. The molecular weight excluding hydrogens is 314 g/mol. The Hall–Kier alpha value is -3.54. The van der Waals surface area contributed by atoms with Gasteiger partial charge in [-0.1, -0.05) is 18.2 Å². The summed E-state index contributed by atoms with van der Waals surface area (Å²) in [5.74, 6) is -0.198. The lowest BCUT2D eigenvalue weighted by Crippen LogP contribution is -2.12. The molecule has 0 radical (unpaired) electrons. The standard InChI is InChI=1S/C19H15N5O/c1-13-17-11-15(22-19(25)14-7-9-20-10-8-14)12-21-18(17)24(23-13)16-5-3-2-4-6-16/h2-12H,1H3,(H,22,25). The second-order valence-corrected chi connectivity index (χ2v) is 5.62. The highest BCUT2D eigenvalue weighted by molar-refractivity contribution is 6.04. The predicted octanol–water partition coefficient (Wildman–Crippen LogP) is 3.38. The minimum absolute atomic E-state index is 0.198. The molecule has 0 unspecified atom stereocenters. The van der Waals surface area contributed by atoms with Crippen LogP contribution in [0.4, 0.5) is 5.69 Å². The van der Waals surface area contributed by atoms with E-state index in [-0.39, 0.29) is 5.91 Å². The minimum Gasteiger partial charge on any atom is -0.321 e. The van der Waals surface area contributed by atoms with E-state index in [2.05, 4.69) is 20.4 Å². The maximum Gasteiger partial charge on any atom is 0.255 e. The van der Waals surface area contributed by atoms with Crippen LogP contribution in [0.2, 0.25) is 0 Å². The molecule has 3 aromatic heterocycles. The molecule has 3 heterocycles. The molecule has 1 amide bonds. The molecule has 0 bridgehead atoms. The van der Waals surface area contributed by atoms with E-state index in [0.717, 1.165) is 22.4 Å². The van der Waals surface area contributed by atoms with Gasteiger partial charge in [-0.3, -0.25) is 9.78 Å². The number of nitrogens with zero attached hydrogens (tertiary/aromatic N) is 4. The number of amides is 1. The third-order valence-electron chi connectivity index (χ3n) is 3.91. The van der Waals surface area contributed by atoms with Crippen LogP contribution in [0.15, 0.2) is 67.1 Å². The first-order valence-electron chi connectivity index (χ1n) is 7.84. The molecule has 25 heavy (non-hydrogen) atoms. The van der Waals surface area contributed by atoms with Gasteiger partial charge in [0.05, 0.1) is 23.3 Å². The molecule has 0 saturated carbocycles. The van der Waals surface area contributed by atoms with Crippen LogP contribution in [0.5, 0.6) is 0 Å². The summed E-state index contributed by atoms with van der Waals surface area (Å²) in [5.41, 5.74) is 3.73. The number of carbonyl (C=O) groups excluding carboxylic acids is 1. The zero-order valence-electron chi connectivity index (χ0n) is 13.5. The Morgan fingerprint density at radius 3 is 2.60 bits per heavy atom. The minimum atomic E-state index is -0.198. The Morgan fingerprint density at radius 2 is 1.84 bits per heavy atom. The van der Waals surface area contributed by atoms with Gasteiger partial charge in [-0.15, -0.1) is 0 Å². The van der Waals surface area contributed by atoms with Crippen LogP contribution in [0.25, 0.3) is 16.7 Å². The molecule has 6 heteroatoms. The van der Waals surface area contributed by atoms with E-state index in [4.69, 9.17) is 0 Å². The van der Waals surface area contributed by atoms with Gasteiger partial charge in [0.1, 0.15) is 0 Å². The van der Waals surface area contributed by atoms with E-state index in [0.29, 0.717) is 11.3 Å². The van der Waals surface area contributed by atoms with Gasteiger partial charge in [0.15, 0.2) is 5.65 Å². The van der Waals surface area contributed by atoms with Gasteiger partial charge in [-0.2, -0.15) is 5.10 Å². The van der Waals surface area contributed by atoms with Crippen LogP contribution >= 0.6 is 0 Å². The van der Waals surface area contributed by atoms with Gasteiger partial charge < -0.3 is 5.32 Å². The Balaban J connectivity index is 1.70. The van der Waals surface area contributed by atoms with Crippen molar-refractivity contribution in [2.24, 2.45) is 0 Å². The highest BCUT2D eigenvalue weighted by Gasteiger charge is 2.12. The van der Waals surface area contributed by atoms with E-state index in [1.807, 2.05) is 43.3 Å². The van der Waals surface area contributed by atoms with Crippen LogP contribution in [0.3, 0.4) is 0 Å². The van der Waals surface area contributed by atoms with Gasteiger partial charge in [0.25, 0.3) is 5.91 Å². The highest BCUT2D eigenvalue weighted by Crippen LogP contribution is 2.23. The van der Waals surface area contributed by atoms with Gasteiger partial charge >= 0.3 is 0 Å². The smallest absolute Gasteiger partial charge is 0.255 e. The SMILES string of the molecule is Cc1nn(-c2ccccc2)c2ncc(NC(=O)c3ccncc3)cc12. The monoisotopic (exact) mass is 329 g/mol. The van der Waals surface area contributed by atoms with Gasteiger partial charge in [0.2, 0.25) is 0 Å². The summed E-state index contributed by atoms with van der Waals surface area (Å²) < 4.78 is 1.80. The molecule has 0 aliphatic heterocycles. The number of carbonyl (C=O) groups is 1. The summed E-state index contributed by atoms with van der Waals surface area (Å²) >= 11 is 0. The van der Waals surface area contributed by atoms with Crippen molar-refractivity contribution >= 4 is 22.6 Å². The van der Waals surface area contributed by atoms with Crippen LogP contribution < -0.4 is 5.32 Å². The molecular formula is C19H15N5O. The van der Waals surface area contributed by atoms with Crippen molar-refractivity contribution in [3.05, 3.63) is 78.4 Å². The number of hydrogen-bond acceptors (Lipinski definition) is 4. The Kier molecular flexibility index (Phi) is 3.70. The van der Waals surface area contributed by atoms with E-state index in [9.17, 15) is 4.79 Å². The van der Waals surface area contributed by atoms with Crippen LogP contribution in [-0.2, 0) is 0 Å². The summed E-state index contributed by atoms with van der Waals surface area (Å²) in [7, 11) is 0. The fourth-order valence-electron chi connectivity index (χ4n) is 2.67. The zero-order valence-corrected chi connectivity index (χ0v) is 13.5. The number of para-hydroxylation sites is 1. The molecule has 4 aromatic rings. The van der Waals surface area contributed by atoms with Crippen LogP contribution in [0, 0.1) is 6.92 Å². The van der Waals surface area contributed by atoms with Crippen molar-refractivity contribution in [1.82, 2.24) is 19.7 Å². The number of aryl methyl sites for hydroxylation is 1. The molecule has 1 N–H and O–H groups in total. The lowest BCUT2D eigenvalue weighted by Gasteiger charge is -2.06. The summed E-state index contributed by atoms with van der Waals surface area (Å²) in [6, 6.07) is 15.1. The largest absolute Gasteiger partial charge is 0.321 e. The first kappa shape index (κ1) is 15.0. The fraction of sp³-hybridized carbons (Fsp3) is 0.0526. The maximum absolute atomic E-state index is 12.3. The molecule has 0 spiro atoms. The summed E-state index contributed by atoms with van der Waals surface area (Å²) in [6.45, 7) is 1.93. The number of nitrogens with one attached hydrogen (secondary N) is 1. The second-order valence-electron chi connectivity index (χ2n) is 5.62. The van der Waals surface area contributed by atoms with Crippen molar-refractivity contribution in [3.8, 4) is 5.69 Å². The molecule has 1 aromatic carbocycles. The first-order valence-corrected chi connectivity index (χ1v) is 7.84. The normalized spacial score (nSPS) is 10.8.